The standard InChI is InChI=1S/C12H23N2P/c1-9(2)15(10(3)4)14-8-6-11-5-7-13-12(11)14/h9-11H,5-8H2,1-4H3. The summed E-state index contributed by atoms with van der Waals surface area (Å²) in [5.74, 6) is 2.27. The highest BCUT2D eigenvalue weighted by Crippen LogP contribution is 2.53. The predicted molar refractivity (Wildman–Crippen MR) is 68.9 cm³/mol. The third kappa shape index (κ3) is 2.06. The zero-order valence-corrected chi connectivity index (χ0v) is 11.3. The number of fused-ring (bicyclic) bond motifs is 1. The van der Waals surface area contributed by atoms with Gasteiger partial charge in [0, 0.05) is 19.0 Å². The summed E-state index contributed by atoms with van der Waals surface area (Å²) in [6.45, 7) is 11.8. The highest BCUT2D eigenvalue weighted by Gasteiger charge is 2.37. The maximum atomic E-state index is 4.72. The van der Waals surface area contributed by atoms with Crippen LogP contribution in [-0.4, -0.2) is 34.9 Å². The van der Waals surface area contributed by atoms with Crippen molar-refractivity contribution in [2.75, 3.05) is 13.1 Å². The minimum atomic E-state index is -0.00900. The molecule has 0 N–H and O–H groups in total. The topological polar surface area (TPSA) is 15.6 Å². The summed E-state index contributed by atoms with van der Waals surface area (Å²) in [6.07, 6.45) is 2.67. The van der Waals surface area contributed by atoms with Gasteiger partial charge < -0.3 is 4.67 Å². The fourth-order valence-electron chi connectivity index (χ4n) is 2.94. The maximum absolute atomic E-state index is 4.72. The van der Waals surface area contributed by atoms with E-state index in [1.165, 1.54) is 25.2 Å². The summed E-state index contributed by atoms with van der Waals surface area (Å²) < 4.78 is 2.67. The molecule has 0 amide bonds. The van der Waals surface area contributed by atoms with Crippen LogP contribution in [-0.2, 0) is 0 Å². The van der Waals surface area contributed by atoms with Crippen molar-refractivity contribution in [1.82, 2.24) is 4.67 Å². The molecule has 0 radical (unpaired) electrons. The summed E-state index contributed by atoms with van der Waals surface area (Å²) >= 11 is 0. The van der Waals surface area contributed by atoms with Gasteiger partial charge in [-0.1, -0.05) is 27.7 Å². The van der Waals surface area contributed by atoms with E-state index in [2.05, 4.69) is 32.4 Å². The van der Waals surface area contributed by atoms with Gasteiger partial charge in [-0.3, -0.25) is 4.99 Å². The summed E-state index contributed by atoms with van der Waals surface area (Å²) in [5.41, 5.74) is 1.59. The van der Waals surface area contributed by atoms with E-state index in [1.54, 1.807) is 0 Å². The van der Waals surface area contributed by atoms with Crippen LogP contribution in [0.5, 0.6) is 0 Å². The molecule has 15 heavy (non-hydrogen) atoms. The second-order valence-electron chi connectivity index (χ2n) is 5.20. The van der Waals surface area contributed by atoms with Gasteiger partial charge in [-0.15, -0.1) is 0 Å². The molecule has 0 bridgehead atoms. The molecule has 1 saturated heterocycles. The van der Waals surface area contributed by atoms with Gasteiger partial charge in [0.1, 0.15) is 5.84 Å². The van der Waals surface area contributed by atoms with Crippen LogP contribution in [0.4, 0.5) is 0 Å². The van der Waals surface area contributed by atoms with Crippen LogP contribution in [0.1, 0.15) is 40.5 Å². The summed E-state index contributed by atoms with van der Waals surface area (Å²) in [6, 6.07) is 0. The summed E-state index contributed by atoms with van der Waals surface area (Å²) in [5, 5.41) is 0. The van der Waals surface area contributed by atoms with E-state index in [-0.39, 0.29) is 8.07 Å². The van der Waals surface area contributed by atoms with Gasteiger partial charge in [0.15, 0.2) is 0 Å². The van der Waals surface area contributed by atoms with Crippen LogP contribution in [0.2, 0.25) is 0 Å². The number of rotatable bonds is 3. The average molecular weight is 226 g/mol. The van der Waals surface area contributed by atoms with Crippen LogP contribution in [0.15, 0.2) is 4.99 Å². The zero-order valence-electron chi connectivity index (χ0n) is 10.4. The minimum absolute atomic E-state index is 0.00900. The van der Waals surface area contributed by atoms with E-state index < -0.39 is 0 Å². The minimum Gasteiger partial charge on any atom is -0.339 e. The Balaban J connectivity index is 2.15. The molecule has 1 fully saturated rings. The molecule has 0 aliphatic carbocycles. The molecule has 1 unspecified atom stereocenters. The van der Waals surface area contributed by atoms with Crippen molar-refractivity contribution in [3.05, 3.63) is 0 Å². The lowest BCUT2D eigenvalue weighted by Gasteiger charge is -2.36. The Labute approximate surface area is 95.0 Å². The van der Waals surface area contributed by atoms with Crippen molar-refractivity contribution < 1.29 is 0 Å². The molecular formula is C12H23N2P. The summed E-state index contributed by atoms with van der Waals surface area (Å²) in [7, 11) is -0.00900. The Morgan fingerprint density at radius 3 is 2.47 bits per heavy atom. The van der Waals surface area contributed by atoms with Crippen molar-refractivity contribution in [2.24, 2.45) is 10.9 Å². The number of hydrogen-bond donors (Lipinski definition) is 0. The van der Waals surface area contributed by atoms with E-state index in [4.69, 9.17) is 4.99 Å². The number of aliphatic imine (C=N–C) groups is 1. The van der Waals surface area contributed by atoms with E-state index in [0.717, 1.165) is 23.8 Å². The van der Waals surface area contributed by atoms with Gasteiger partial charge in [-0.25, -0.2) is 0 Å². The predicted octanol–water partition coefficient (Wildman–Crippen LogP) is 3.32. The summed E-state index contributed by atoms with van der Waals surface area (Å²) in [4.78, 5) is 4.72. The third-order valence-electron chi connectivity index (χ3n) is 3.41. The molecule has 86 valence electrons. The van der Waals surface area contributed by atoms with Gasteiger partial charge in [0.05, 0.1) is 0 Å². The normalized spacial score (nSPS) is 25.7. The largest absolute Gasteiger partial charge is 0.339 e. The SMILES string of the molecule is CC(C)P(C(C)C)N1CCC2CCN=C21. The first kappa shape index (κ1) is 11.4. The van der Waals surface area contributed by atoms with E-state index in [0.29, 0.717) is 0 Å². The Hall–Kier alpha value is -0.100. The first-order valence-electron chi connectivity index (χ1n) is 6.21. The molecule has 2 rings (SSSR count). The molecule has 2 nitrogen and oxygen atoms in total. The van der Waals surface area contributed by atoms with Crippen molar-refractivity contribution >= 4 is 13.9 Å². The molecule has 2 aliphatic rings. The van der Waals surface area contributed by atoms with Gasteiger partial charge in [0.2, 0.25) is 0 Å². The lowest BCUT2D eigenvalue weighted by molar-refractivity contribution is 0.621. The Bertz CT molecular complexity index is 252. The zero-order chi connectivity index (χ0) is 11.0. The van der Waals surface area contributed by atoms with Gasteiger partial charge in [-0.2, -0.15) is 0 Å². The molecule has 3 heteroatoms. The van der Waals surface area contributed by atoms with Crippen LogP contribution < -0.4 is 0 Å². The third-order valence-corrected chi connectivity index (χ3v) is 6.49. The highest BCUT2D eigenvalue weighted by atomic mass is 31.1. The van der Waals surface area contributed by atoms with Crippen molar-refractivity contribution in [3.63, 3.8) is 0 Å². The highest BCUT2D eigenvalue weighted by molar-refractivity contribution is 7.57. The van der Waals surface area contributed by atoms with Crippen LogP contribution >= 0.6 is 8.07 Å². The Kier molecular flexibility index (Phi) is 3.35. The fourth-order valence-corrected chi connectivity index (χ4v) is 6.06. The van der Waals surface area contributed by atoms with Crippen LogP contribution in [0.25, 0.3) is 0 Å². The number of nitrogens with zero attached hydrogens (tertiary/aromatic N) is 2. The lowest BCUT2D eigenvalue weighted by Crippen LogP contribution is -2.27. The van der Waals surface area contributed by atoms with Gasteiger partial charge in [0.25, 0.3) is 0 Å². The van der Waals surface area contributed by atoms with E-state index >= 15 is 0 Å². The smallest absolute Gasteiger partial charge is 0.105 e. The molecule has 0 aromatic rings. The molecule has 1 atom stereocenters. The second kappa shape index (κ2) is 4.41. The Morgan fingerprint density at radius 2 is 1.87 bits per heavy atom. The van der Waals surface area contributed by atoms with Crippen molar-refractivity contribution in [3.8, 4) is 0 Å². The Morgan fingerprint density at radius 1 is 1.20 bits per heavy atom. The monoisotopic (exact) mass is 226 g/mol. The number of amidine groups is 1. The molecular weight excluding hydrogens is 203 g/mol. The molecule has 0 aromatic carbocycles. The van der Waals surface area contributed by atoms with Crippen LogP contribution in [0.3, 0.4) is 0 Å². The molecule has 0 saturated carbocycles. The first-order chi connectivity index (χ1) is 7.11. The molecule has 2 aliphatic heterocycles. The van der Waals surface area contributed by atoms with Gasteiger partial charge in [-0.05, 0) is 32.2 Å². The second-order valence-corrected chi connectivity index (χ2v) is 8.51. The van der Waals surface area contributed by atoms with Crippen molar-refractivity contribution in [2.45, 2.75) is 51.9 Å². The first-order valence-corrected chi connectivity index (χ1v) is 7.64. The quantitative estimate of drug-likeness (QED) is 0.674. The number of hydrogen-bond acceptors (Lipinski definition) is 2. The molecule has 0 spiro atoms. The lowest BCUT2D eigenvalue weighted by atomic mass is 10.1. The average Bonchev–Trinajstić information content (AvgIpc) is 2.67. The fraction of sp³-hybridized carbons (Fsp3) is 0.917. The molecule has 2 heterocycles. The van der Waals surface area contributed by atoms with Gasteiger partial charge >= 0.3 is 0 Å². The molecule has 0 aromatic heterocycles. The van der Waals surface area contributed by atoms with E-state index in [1.807, 2.05) is 0 Å². The van der Waals surface area contributed by atoms with Crippen molar-refractivity contribution in [1.29, 1.82) is 0 Å². The maximum Gasteiger partial charge on any atom is 0.105 e. The van der Waals surface area contributed by atoms with E-state index in [9.17, 15) is 0 Å². The van der Waals surface area contributed by atoms with Crippen LogP contribution in [0, 0.1) is 5.92 Å².